The van der Waals surface area contributed by atoms with Crippen LogP contribution in [0.15, 0.2) is 18.2 Å². The van der Waals surface area contributed by atoms with Crippen molar-refractivity contribution < 1.29 is 19.4 Å². The predicted octanol–water partition coefficient (Wildman–Crippen LogP) is -0.496. The van der Waals surface area contributed by atoms with E-state index in [0.29, 0.717) is 39.2 Å². The quantitative estimate of drug-likeness (QED) is 0.701. The number of nitrogens with zero attached hydrogens (tertiary/aromatic N) is 3. The molecule has 1 aromatic heterocycles. The molecule has 0 atom stereocenters. The van der Waals surface area contributed by atoms with Gasteiger partial charge < -0.3 is 15.2 Å². The zero-order valence-electron chi connectivity index (χ0n) is 13.0. The summed E-state index contributed by atoms with van der Waals surface area (Å²) in [6, 6.07) is 5.72. The van der Waals surface area contributed by atoms with Crippen LogP contribution in [0, 0.1) is 0 Å². The van der Waals surface area contributed by atoms with Gasteiger partial charge in [-0.1, -0.05) is 6.07 Å². The molecule has 0 saturated heterocycles. The molecule has 0 unspecified atom stereocenters. The number of pyridine rings is 1. The number of aromatic nitrogens is 1. The smallest absolute Gasteiger partial charge is 0.317 e. The molecule has 8 nitrogen and oxygen atoms in total. The Labute approximate surface area is 135 Å². The average molecular weight is 322 g/mol. The van der Waals surface area contributed by atoms with Gasteiger partial charge in [0.15, 0.2) is 0 Å². The Morgan fingerprint density at radius 3 is 2.57 bits per heavy atom. The number of carbonyl (C=O) groups excluding carboxylic acids is 1. The number of hydrogen-bond acceptors (Lipinski definition) is 7. The van der Waals surface area contributed by atoms with Gasteiger partial charge >= 0.3 is 5.97 Å². The van der Waals surface area contributed by atoms with E-state index in [1.54, 1.807) is 0 Å². The van der Waals surface area contributed by atoms with Crippen molar-refractivity contribution in [3.63, 3.8) is 0 Å². The molecule has 126 valence electrons. The van der Waals surface area contributed by atoms with Gasteiger partial charge in [0.1, 0.15) is 6.73 Å². The number of rotatable bonds is 5. The van der Waals surface area contributed by atoms with Crippen molar-refractivity contribution >= 4 is 12.4 Å². The van der Waals surface area contributed by atoms with Crippen molar-refractivity contribution in [3.8, 4) is 0 Å². The topological polar surface area (TPSA) is 95.0 Å². The fourth-order valence-electron chi connectivity index (χ4n) is 2.49. The summed E-state index contributed by atoms with van der Waals surface area (Å²) in [5.41, 5.74) is 1.70. The van der Waals surface area contributed by atoms with Crippen LogP contribution in [-0.4, -0.2) is 71.8 Å². The maximum absolute atomic E-state index is 11.0. The maximum atomic E-state index is 11.0. The molecule has 2 rings (SSSR count). The highest BCUT2D eigenvalue weighted by Gasteiger charge is 2.14. The van der Waals surface area contributed by atoms with E-state index in [0.717, 1.165) is 17.9 Å². The summed E-state index contributed by atoms with van der Waals surface area (Å²) in [5, 5.41) is 12.3. The van der Waals surface area contributed by atoms with E-state index in [1.807, 2.05) is 28.0 Å². The molecular weight excluding hydrogens is 300 g/mol. The number of fused-ring (bicyclic) bond motifs is 2. The van der Waals surface area contributed by atoms with Gasteiger partial charge in [-0.25, -0.2) is 0 Å². The molecule has 0 fully saturated rings. The number of carbonyl (C=O) groups is 2. The van der Waals surface area contributed by atoms with E-state index in [9.17, 15) is 9.59 Å². The molecule has 0 aromatic carbocycles. The third-order valence-corrected chi connectivity index (χ3v) is 3.53. The third kappa shape index (κ3) is 6.31. The van der Waals surface area contributed by atoms with Crippen molar-refractivity contribution in [2.24, 2.45) is 0 Å². The molecule has 2 heterocycles. The zero-order chi connectivity index (χ0) is 16.5. The molecule has 1 aromatic rings. The summed E-state index contributed by atoms with van der Waals surface area (Å²) >= 11 is 0. The van der Waals surface area contributed by atoms with Crippen molar-refractivity contribution in [1.29, 1.82) is 0 Å². The molecular formula is C15H22N4O4. The van der Waals surface area contributed by atoms with E-state index in [4.69, 9.17) is 9.84 Å². The van der Waals surface area contributed by atoms with Gasteiger partial charge in [-0.05, 0) is 12.1 Å². The first kappa shape index (κ1) is 17.3. The van der Waals surface area contributed by atoms with Gasteiger partial charge in [0.2, 0.25) is 0 Å². The minimum absolute atomic E-state index is 0.00706. The first-order chi connectivity index (χ1) is 11.2. The fourth-order valence-corrected chi connectivity index (χ4v) is 2.49. The molecule has 8 heteroatoms. The van der Waals surface area contributed by atoms with Crippen molar-refractivity contribution in [3.05, 3.63) is 29.6 Å². The van der Waals surface area contributed by atoms with Gasteiger partial charge in [-0.15, -0.1) is 0 Å². The van der Waals surface area contributed by atoms with Crippen molar-refractivity contribution in [2.45, 2.75) is 13.1 Å². The number of aliphatic carboxylic acids is 1. The van der Waals surface area contributed by atoms with Crippen LogP contribution in [0.2, 0.25) is 0 Å². The molecule has 23 heavy (non-hydrogen) atoms. The van der Waals surface area contributed by atoms with E-state index < -0.39 is 5.97 Å². The summed E-state index contributed by atoms with van der Waals surface area (Å²) < 4.78 is 4.85. The lowest BCUT2D eigenvalue weighted by atomic mass is 10.2. The number of carboxylic acid groups (broad SMARTS) is 1. The lowest BCUT2D eigenvalue weighted by Crippen LogP contribution is -2.39. The summed E-state index contributed by atoms with van der Waals surface area (Å²) in [6.45, 7) is 4.47. The molecule has 0 aliphatic carbocycles. The summed E-state index contributed by atoms with van der Waals surface area (Å²) in [4.78, 5) is 29.8. The summed E-state index contributed by atoms with van der Waals surface area (Å²) in [7, 11) is 0. The molecule has 1 aliphatic heterocycles. The van der Waals surface area contributed by atoms with E-state index in [-0.39, 0.29) is 13.3 Å². The lowest BCUT2D eigenvalue weighted by molar-refractivity contribution is -0.138. The molecule has 2 bridgehead atoms. The summed E-state index contributed by atoms with van der Waals surface area (Å²) in [5.74, 6) is -0.842. The third-order valence-electron chi connectivity index (χ3n) is 3.53. The van der Waals surface area contributed by atoms with Crippen LogP contribution >= 0.6 is 0 Å². The van der Waals surface area contributed by atoms with E-state index in [2.05, 4.69) is 10.3 Å². The Bertz CT molecular complexity index is 526. The highest BCUT2D eigenvalue weighted by atomic mass is 16.5. The Hall–Kier alpha value is -2.03. The monoisotopic (exact) mass is 322 g/mol. The minimum atomic E-state index is -0.842. The van der Waals surface area contributed by atoms with Crippen LogP contribution in [-0.2, 0) is 27.4 Å². The van der Waals surface area contributed by atoms with Gasteiger partial charge in [0, 0.05) is 39.3 Å². The molecule has 1 aliphatic rings. The Morgan fingerprint density at radius 1 is 1.26 bits per heavy atom. The first-order valence-electron chi connectivity index (χ1n) is 7.54. The number of carboxylic acids is 1. The van der Waals surface area contributed by atoms with Crippen molar-refractivity contribution in [2.75, 3.05) is 39.5 Å². The van der Waals surface area contributed by atoms with Crippen LogP contribution in [0.4, 0.5) is 0 Å². The second kappa shape index (κ2) is 9.19. The zero-order valence-corrected chi connectivity index (χ0v) is 13.0. The first-order valence-corrected chi connectivity index (χ1v) is 7.54. The second-order valence-electron chi connectivity index (χ2n) is 5.42. The lowest BCUT2D eigenvalue weighted by Gasteiger charge is -2.24. The van der Waals surface area contributed by atoms with Gasteiger partial charge in [-0.3, -0.25) is 24.4 Å². The predicted molar refractivity (Wildman–Crippen MR) is 82.4 cm³/mol. The average Bonchev–Trinajstić information content (AvgIpc) is 2.50. The van der Waals surface area contributed by atoms with Gasteiger partial charge in [0.25, 0.3) is 6.47 Å². The van der Waals surface area contributed by atoms with Crippen LogP contribution in [0.5, 0.6) is 0 Å². The maximum Gasteiger partial charge on any atom is 0.317 e. The molecule has 0 spiro atoms. The normalized spacial score (nSPS) is 17.7. The van der Waals surface area contributed by atoms with Gasteiger partial charge in [0.05, 0.1) is 17.9 Å². The molecule has 0 saturated carbocycles. The van der Waals surface area contributed by atoms with Crippen LogP contribution in [0.3, 0.4) is 0 Å². The van der Waals surface area contributed by atoms with E-state index in [1.165, 1.54) is 0 Å². The number of nitrogens with one attached hydrogen (secondary N) is 1. The molecule has 0 radical (unpaired) electrons. The number of hydrogen-bond donors (Lipinski definition) is 2. The van der Waals surface area contributed by atoms with Crippen LogP contribution in [0.25, 0.3) is 0 Å². The molecule has 2 N–H and O–H groups in total. The van der Waals surface area contributed by atoms with Crippen molar-refractivity contribution in [1.82, 2.24) is 20.1 Å². The fraction of sp³-hybridized carbons (Fsp3) is 0.533. The van der Waals surface area contributed by atoms with E-state index >= 15 is 0 Å². The summed E-state index contributed by atoms with van der Waals surface area (Å²) in [6.07, 6.45) is 0. The number of ether oxygens (including phenoxy) is 1. The standard InChI is InChI=1S/C15H22N4O4/c20-12-23-11-19-7-5-16-4-6-18(10-15(21)22)8-13-2-1-3-14(9-19)17-13/h1-3,12,16H,4-11H2,(H,21,22). The SMILES string of the molecule is O=COCN1CCNCCN(CC(=O)O)Cc2cccc(n2)C1. The Balaban J connectivity index is 2.11. The molecule has 0 amide bonds. The Morgan fingerprint density at radius 2 is 1.91 bits per heavy atom. The Kier molecular flexibility index (Phi) is 6.92. The highest BCUT2D eigenvalue weighted by molar-refractivity contribution is 5.69. The largest absolute Gasteiger partial charge is 0.480 e. The second-order valence-corrected chi connectivity index (χ2v) is 5.42. The highest BCUT2D eigenvalue weighted by Crippen LogP contribution is 2.07. The minimum Gasteiger partial charge on any atom is -0.480 e. The van der Waals surface area contributed by atoms with Crippen LogP contribution < -0.4 is 5.32 Å². The van der Waals surface area contributed by atoms with Gasteiger partial charge in [-0.2, -0.15) is 0 Å². The van der Waals surface area contributed by atoms with Crippen LogP contribution in [0.1, 0.15) is 11.4 Å².